The number of carbonyl (C=O) groups is 2. The normalized spacial score (nSPS) is 10.8. The lowest BCUT2D eigenvalue weighted by molar-refractivity contribution is -0.171. The van der Waals surface area contributed by atoms with Crippen LogP contribution < -0.4 is 0 Å². The number of rotatable bonds is 8. The molecule has 0 aromatic carbocycles. The minimum Gasteiger partial charge on any atom is -0.465 e. The standard InChI is InChI=1S/C16H24O4/c1-5-9-11-13-16(12-10-6-2,14(17)19-7-3)15(18)20-8-4/h9,11H,5,7-8,12-13H2,1-4H3/b11-9+. The van der Waals surface area contributed by atoms with Gasteiger partial charge < -0.3 is 9.47 Å². The maximum Gasteiger partial charge on any atom is 0.324 e. The summed E-state index contributed by atoms with van der Waals surface area (Å²) >= 11 is 0. The fourth-order valence-electron chi connectivity index (χ4n) is 1.70. The minimum absolute atomic E-state index is 0.106. The summed E-state index contributed by atoms with van der Waals surface area (Å²) in [6.07, 6.45) is 4.90. The topological polar surface area (TPSA) is 52.6 Å². The zero-order valence-electron chi connectivity index (χ0n) is 12.8. The van der Waals surface area contributed by atoms with Crippen LogP contribution in [-0.4, -0.2) is 25.2 Å². The number of esters is 2. The molecule has 0 rings (SSSR count). The zero-order chi connectivity index (χ0) is 15.4. The van der Waals surface area contributed by atoms with Crippen molar-refractivity contribution in [2.45, 2.75) is 47.0 Å². The largest absolute Gasteiger partial charge is 0.465 e. The summed E-state index contributed by atoms with van der Waals surface area (Å²) in [5.74, 6) is 4.39. The molecule has 4 nitrogen and oxygen atoms in total. The highest BCUT2D eigenvalue weighted by Crippen LogP contribution is 2.31. The molecular formula is C16H24O4. The molecule has 0 spiro atoms. The third-order valence-electron chi connectivity index (χ3n) is 2.77. The number of carbonyl (C=O) groups excluding carboxylic acids is 2. The average molecular weight is 280 g/mol. The van der Waals surface area contributed by atoms with E-state index in [1.807, 2.05) is 19.1 Å². The monoisotopic (exact) mass is 280 g/mol. The Labute approximate surface area is 121 Å². The second-order valence-electron chi connectivity index (χ2n) is 4.21. The van der Waals surface area contributed by atoms with E-state index in [2.05, 4.69) is 11.8 Å². The summed E-state index contributed by atoms with van der Waals surface area (Å²) in [6.45, 7) is 7.51. The molecule has 0 aliphatic rings. The molecule has 0 aliphatic carbocycles. The van der Waals surface area contributed by atoms with Crippen LogP contribution in [0.1, 0.15) is 47.0 Å². The van der Waals surface area contributed by atoms with Crippen LogP contribution in [0.4, 0.5) is 0 Å². The average Bonchev–Trinajstić information content (AvgIpc) is 2.43. The predicted octanol–water partition coefficient (Wildman–Crippen LogP) is 2.87. The van der Waals surface area contributed by atoms with Gasteiger partial charge in [0.1, 0.15) is 0 Å². The number of allylic oxidation sites excluding steroid dienone is 2. The van der Waals surface area contributed by atoms with Crippen molar-refractivity contribution in [1.82, 2.24) is 0 Å². The van der Waals surface area contributed by atoms with E-state index in [9.17, 15) is 9.59 Å². The Morgan fingerprint density at radius 3 is 2.00 bits per heavy atom. The van der Waals surface area contributed by atoms with Crippen molar-refractivity contribution in [2.24, 2.45) is 5.41 Å². The summed E-state index contributed by atoms with van der Waals surface area (Å²) in [5.41, 5.74) is -1.36. The van der Waals surface area contributed by atoms with Crippen LogP contribution in [0.2, 0.25) is 0 Å². The Kier molecular flexibility index (Phi) is 9.19. The van der Waals surface area contributed by atoms with E-state index in [1.54, 1.807) is 20.8 Å². The summed E-state index contributed by atoms with van der Waals surface area (Å²) in [5, 5.41) is 0. The highest BCUT2D eigenvalue weighted by atomic mass is 16.6. The Bertz CT molecular complexity index is 380. The lowest BCUT2D eigenvalue weighted by Gasteiger charge is -2.26. The lowest BCUT2D eigenvalue weighted by atomic mass is 9.81. The number of hydrogen-bond acceptors (Lipinski definition) is 4. The highest BCUT2D eigenvalue weighted by Gasteiger charge is 2.47. The molecular weight excluding hydrogens is 256 g/mol. The van der Waals surface area contributed by atoms with Crippen LogP contribution in [0.25, 0.3) is 0 Å². The molecule has 0 atom stereocenters. The second-order valence-corrected chi connectivity index (χ2v) is 4.21. The first-order valence-corrected chi connectivity index (χ1v) is 6.98. The van der Waals surface area contributed by atoms with Crippen LogP contribution in [0.5, 0.6) is 0 Å². The molecule has 20 heavy (non-hydrogen) atoms. The van der Waals surface area contributed by atoms with Crippen LogP contribution in [-0.2, 0) is 19.1 Å². The van der Waals surface area contributed by atoms with Crippen LogP contribution in [0.15, 0.2) is 12.2 Å². The van der Waals surface area contributed by atoms with Gasteiger partial charge in [-0.15, -0.1) is 11.8 Å². The molecule has 0 N–H and O–H groups in total. The molecule has 0 radical (unpaired) electrons. The summed E-state index contributed by atoms with van der Waals surface area (Å²) in [6, 6.07) is 0. The highest BCUT2D eigenvalue weighted by molar-refractivity contribution is 6.00. The van der Waals surface area contributed by atoms with Gasteiger partial charge in [0, 0.05) is 6.42 Å². The van der Waals surface area contributed by atoms with Gasteiger partial charge >= 0.3 is 11.9 Å². The lowest BCUT2D eigenvalue weighted by Crippen LogP contribution is -2.41. The first kappa shape index (κ1) is 18.2. The quantitative estimate of drug-likeness (QED) is 0.297. The molecule has 0 fully saturated rings. The molecule has 0 aromatic heterocycles. The van der Waals surface area contributed by atoms with Gasteiger partial charge in [-0.05, 0) is 33.6 Å². The maximum atomic E-state index is 12.3. The van der Waals surface area contributed by atoms with Gasteiger partial charge in [0.2, 0.25) is 0 Å². The van der Waals surface area contributed by atoms with Crippen molar-refractivity contribution in [1.29, 1.82) is 0 Å². The van der Waals surface area contributed by atoms with Gasteiger partial charge in [-0.25, -0.2) is 0 Å². The molecule has 0 amide bonds. The third kappa shape index (κ3) is 5.08. The van der Waals surface area contributed by atoms with Crippen LogP contribution in [0.3, 0.4) is 0 Å². The fourth-order valence-corrected chi connectivity index (χ4v) is 1.70. The molecule has 0 unspecified atom stereocenters. The van der Waals surface area contributed by atoms with E-state index >= 15 is 0 Å². The Balaban J connectivity index is 5.46. The minimum atomic E-state index is -1.36. The van der Waals surface area contributed by atoms with Crippen molar-refractivity contribution in [3.63, 3.8) is 0 Å². The molecule has 0 heterocycles. The van der Waals surface area contributed by atoms with E-state index in [0.29, 0.717) is 0 Å². The molecule has 0 aliphatic heterocycles. The van der Waals surface area contributed by atoms with Crippen molar-refractivity contribution in [2.75, 3.05) is 13.2 Å². The number of ether oxygens (including phenoxy) is 2. The molecule has 0 saturated carbocycles. The molecule has 0 saturated heterocycles. The smallest absolute Gasteiger partial charge is 0.324 e. The van der Waals surface area contributed by atoms with Crippen LogP contribution in [0, 0.1) is 17.3 Å². The third-order valence-corrected chi connectivity index (χ3v) is 2.77. The van der Waals surface area contributed by atoms with E-state index in [-0.39, 0.29) is 26.1 Å². The number of hydrogen-bond donors (Lipinski definition) is 0. The van der Waals surface area contributed by atoms with Gasteiger partial charge in [-0.2, -0.15) is 0 Å². The van der Waals surface area contributed by atoms with E-state index < -0.39 is 17.4 Å². The zero-order valence-corrected chi connectivity index (χ0v) is 12.8. The summed E-state index contributed by atoms with van der Waals surface area (Å²) in [7, 11) is 0. The fraction of sp³-hybridized carbons (Fsp3) is 0.625. The first-order valence-electron chi connectivity index (χ1n) is 6.98. The predicted molar refractivity (Wildman–Crippen MR) is 77.8 cm³/mol. The second kappa shape index (κ2) is 10.1. The Hall–Kier alpha value is -1.76. The van der Waals surface area contributed by atoms with Crippen LogP contribution >= 0.6 is 0 Å². The Morgan fingerprint density at radius 2 is 1.60 bits per heavy atom. The molecule has 112 valence electrons. The van der Waals surface area contributed by atoms with Gasteiger partial charge in [0.15, 0.2) is 5.41 Å². The van der Waals surface area contributed by atoms with Crippen molar-refractivity contribution in [3.05, 3.63) is 12.2 Å². The van der Waals surface area contributed by atoms with Crippen molar-refractivity contribution < 1.29 is 19.1 Å². The molecule has 4 heteroatoms. The summed E-state index contributed by atoms with van der Waals surface area (Å²) < 4.78 is 10.1. The van der Waals surface area contributed by atoms with E-state index in [4.69, 9.17) is 9.47 Å². The summed E-state index contributed by atoms with van der Waals surface area (Å²) in [4.78, 5) is 24.5. The van der Waals surface area contributed by atoms with Gasteiger partial charge in [-0.3, -0.25) is 9.59 Å². The van der Waals surface area contributed by atoms with E-state index in [0.717, 1.165) is 6.42 Å². The molecule has 0 bridgehead atoms. The van der Waals surface area contributed by atoms with Crippen molar-refractivity contribution in [3.8, 4) is 11.8 Å². The van der Waals surface area contributed by atoms with Gasteiger partial charge in [-0.1, -0.05) is 19.1 Å². The van der Waals surface area contributed by atoms with Crippen molar-refractivity contribution >= 4 is 11.9 Å². The van der Waals surface area contributed by atoms with E-state index in [1.165, 1.54) is 0 Å². The first-order chi connectivity index (χ1) is 9.58. The SMILES string of the molecule is CC#CCC(C/C=C/CC)(C(=O)OCC)C(=O)OCC. The molecule has 0 aromatic rings. The van der Waals surface area contributed by atoms with Gasteiger partial charge in [0.25, 0.3) is 0 Å². The van der Waals surface area contributed by atoms with Gasteiger partial charge in [0.05, 0.1) is 13.2 Å². The Morgan fingerprint density at radius 1 is 1.05 bits per heavy atom. The maximum absolute atomic E-state index is 12.3.